The number of ketones is 1. The molecule has 0 aliphatic carbocycles. The highest BCUT2D eigenvalue weighted by molar-refractivity contribution is 6.35. The molecule has 2 aliphatic heterocycles. The first kappa shape index (κ1) is 26.9. The number of benzene rings is 2. The molecular formula is C30H30N4O6. The van der Waals surface area contributed by atoms with Crippen molar-refractivity contribution in [1.82, 2.24) is 9.47 Å². The number of hydrogen-bond acceptors (Lipinski definition) is 6. The van der Waals surface area contributed by atoms with Crippen LogP contribution in [-0.4, -0.2) is 58.3 Å². The number of likely N-dealkylation sites (tertiary alicyclic amines) is 1. The van der Waals surface area contributed by atoms with Gasteiger partial charge in [0.05, 0.1) is 42.2 Å². The zero-order valence-electron chi connectivity index (χ0n) is 22.3. The molecule has 1 unspecified atom stereocenters. The summed E-state index contributed by atoms with van der Waals surface area (Å²) >= 11 is 0. The standard InChI is InChI=1S/C30H30N4O6/c1-17-26(28(36)18-8-4-3-5-9-18)23(15-21-20-11-10-19(40-2)14-22(20)32-29(21)37)34(27(17)30(38)39)25(16-24(31)35)33-12-6-7-13-33/h3-5,8-11,14-15,25H,6-7,12-13,16H2,1-2H3,(H2,31,35)(H,32,37)(H,38,39). The number of carboxylic acid groups (broad SMARTS) is 1. The summed E-state index contributed by atoms with van der Waals surface area (Å²) in [4.78, 5) is 54.2. The summed E-state index contributed by atoms with van der Waals surface area (Å²) in [5.41, 5.74) is 7.91. The number of carbonyl (C=O) groups is 4. The summed E-state index contributed by atoms with van der Waals surface area (Å²) in [5, 5.41) is 13.2. The Morgan fingerprint density at radius 3 is 2.45 bits per heavy atom. The molecule has 1 saturated heterocycles. The number of carbonyl (C=O) groups excluding carboxylic acids is 3. The van der Waals surface area contributed by atoms with Crippen molar-refractivity contribution in [1.29, 1.82) is 0 Å². The lowest BCUT2D eigenvalue weighted by Gasteiger charge is -2.30. The van der Waals surface area contributed by atoms with E-state index in [1.54, 1.807) is 61.5 Å². The molecular weight excluding hydrogens is 512 g/mol. The molecule has 2 aromatic carbocycles. The van der Waals surface area contributed by atoms with Crippen molar-refractivity contribution in [3.63, 3.8) is 0 Å². The Labute approximate surface area is 231 Å². The minimum absolute atomic E-state index is 0.127. The number of nitrogens with two attached hydrogens (primary N) is 1. The number of primary amides is 1. The first-order valence-corrected chi connectivity index (χ1v) is 13.0. The number of carboxylic acids is 1. The molecule has 0 radical (unpaired) electrons. The summed E-state index contributed by atoms with van der Waals surface area (Å²) in [6, 6.07) is 13.7. The third-order valence-electron chi connectivity index (χ3n) is 7.49. The normalized spacial score (nSPS) is 16.6. The van der Waals surface area contributed by atoms with Gasteiger partial charge in [0.1, 0.15) is 11.4 Å². The van der Waals surface area contributed by atoms with Crippen LogP contribution in [0.2, 0.25) is 0 Å². The predicted molar refractivity (Wildman–Crippen MR) is 149 cm³/mol. The average Bonchev–Trinajstić information content (AvgIpc) is 3.64. The SMILES string of the molecule is COc1ccc2c(c1)NC(=O)C2=Cc1c(C(=O)c2ccccc2)c(C)c(C(=O)O)n1C(CC(N)=O)N1CCCC1. The van der Waals surface area contributed by atoms with E-state index < -0.39 is 23.9 Å². The van der Waals surface area contributed by atoms with Crippen LogP contribution in [-0.2, 0) is 9.59 Å². The zero-order chi connectivity index (χ0) is 28.6. The van der Waals surface area contributed by atoms with Crippen LogP contribution >= 0.6 is 0 Å². The molecule has 5 rings (SSSR count). The van der Waals surface area contributed by atoms with E-state index in [4.69, 9.17) is 10.5 Å². The molecule has 1 aromatic heterocycles. The number of amides is 2. The highest BCUT2D eigenvalue weighted by Crippen LogP contribution is 2.39. The Morgan fingerprint density at radius 2 is 1.82 bits per heavy atom. The van der Waals surface area contributed by atoms with E-state index in [0.717, 1.165) is 12.8 Å². The molecule has 2 amide bonds. The van der Waals surface area contributed by atoms with E-state index in [1.807, 2.05) is 4.90 Å². The smallest absolute Gasteiger partial charge is 0.352 e. The molecule has 3 heterocycles. The Bertz CT molecular complexity index is 1550. The maximum atomic E-state index is 14.0. The van der Waals surface area contributed by atoms with Crippen LogP contribution in [0.5, 0.6) is 5.75 Å². The van der Waals surface area contributed by atoms with Gasteiger partial charge in [-0.2, -0.15) is 0 Å². The number of hydrogen-bond donors (Lipinski definition) is 3. The van der Waals surface area contributed by atoms with Gasteiger partial charge >= 0.3 is 5.97 Å². The monoisotopic (exact) mass is 542 g/mol. The molecule has 3 aromatic rings. The summed E-state index contributed by atoms with van der Waals surface area (Å²) in [5.74, 6) is -2.10. The van der Waals surface area contributed by atoms with Crippen LogP contribution in [0, 0.1) is 6.92 Å². The summed E-state index contributed by atoms with van der Waals surface area (Å²) < 4.78 is 6.79. The van der Waals surface area contributed by atoms with E-state index in [0.29, 0.717) is 35.7 Å². The van der Waals surface area contributed by atoms with E-state index >= 15 is 0 Å². The number of aromatic nitrogens is 1. The molecule has 40 heavy (non-hydrogen) atoms. The van der Waals surface area contributed by atoms with E-state index in [1.165, 1.54) is 11.7 Å². The second-order valence-electron chi connectivity index (χ2n) is 9.92. The lowest BCUT2D eigenvalue weighted by Crippen LogP contribution is -2.36. The maximum absolute atomic E-state index is 14.0. The van der Waals surface area contributed by atoms with Crippen molar-refractivity contribution in [3.05, 3.63) is 82.2 Å². The largest absolute Gasteiger partial charge is 0.497 e. The van der Waals surface area contributed by atoms with Crippen LogP contribution in [0.3, 0.4) is 0 Å². The Morgan fingerprint density at radius 1 is 1.12 bits per heavy atom. The Balaban J connectivity index is 1.82. The topological polar surface area (TPSA) is 144 Å². The van der Waals surface area contributed by atoms with Crippen LogP contribution in [0.4, 0.5) is 5.69 Å². The highest BCUT2D eigenvalue weighted by atomic mass is 16.5. The van der Waals surface area contributed by atoms with Crippen molar-refractivity contribution < 1.29 is 29.0 Å². The number of rotatable bonds is 9. The molecule has 4 N–H and O–H groups in total. The maximum Gasteiger partial charge on any atom is 0.352 e. The lowest BCUT2D eigenvalue weighted by molar-refractivity contribution is -0.120. The van der Waals surface area contributed by atoms with Gasteiger partial charge in [0.25, 0.3) is 5.91 Å². The van der Waals surface area contributed by atoms with Crippen molar-refractivity contribution in [2.45, 2.75) is 32.4 Å². The fourth-order valence-corrected chi connectivity index (χ4v) is 5.65. The van der Waals surface area contributed by atoms with Gasteiger partial charge in [0.2, 0.25) is 5.91 Å². The van der Waals surface area contributed by atoms with Crippen LogP contribution in [0.25, 0.3) is 11.6 Å². The predicted octanol–water partition coefficient (Wildman–Crippen LogP) is 3.70. The minimum atomic E-state index is -1.25. The summed E-state index contributed by atoms with van der Waals surface area (Å²) in [7, 11) is 1.52. The number of methoxy groups -OCH3 is 1. The number of ether oxygens (including phenoxy) is 1. The van der Waals surface area contributed by atoms with Gasteiger partial charge in [0, 0.05) is 30.3 Å². The molecule has 10 heteroatoms. The quantitative estimate of drug-likeness (QED) is 0.276. The van der Waals surface area contributed by atoms with Gasteiger partial charge in [-0.15, -0.1) is 0 Å². The molecule has 0 spiro atoms. The van der Waals surface area contributed by atoms with Crippen LogP contribution < -0.4 is 15.8 Å². The summed E-state index contributed by atoms with van der Waals surface area (Å²) in [6.45, 7) is 2.85. The fourth-order valence-electron chi connectivity index (χ4n) is 5.65. The molecule has 206 valence electrons. The fraction of sp³-hybridized carbons (Fsp3) is 0.267. The van der Waals surface area contributed by atoms with E-state index in [-0.39, 0.29) is 40.3 Å². The van der Waals surface area contributed by atoms with Gasteiger partial charge in [-0.05, 0) is 43.5 Å². The van der Waals surface area contributed by atoms with E-state index in [2.05, 4.69) is 5.32 Å². The first-order chi connectivity index (χ1) is 19.2. The van der Waals surface area contributed by atoms with Gasteiger partial charge in [-0.1, -0.05) is 30.3 Å². The number of nitrogens with zero attached hydrogens (tertiary/aromatic N) is 2. The lowest BCUT2D eigenvalue weighted by atomic mass is 9.97. The second-order valence-corrected chi connectivity index (χ2v) is 9.92. The molecule has 2 aliphatic rings. The van der Waals surface area contributed by atoms with Crippen LogP contribution in [0.1, 0.15) is 68.7 Å². The van der Waals surface area contributed by atoms with Crippen molar-refractivity contribution in [3.8, 4) is 5.75 Å². The van der Waals surface area contributed by atoms with E-state index in [9.17, 15) is 24.3 Å². The summed E-state index contributed by atoms with van der Waals surface area (Å²) in [6.07, 6.45) is 2.38. The molecule has 1 fully saturated rings. The number of anilines is 1. The third-order valence-corrected chi connectivity index (χ3v) is 7.49. The number of aromatic carboxylic acids is 1. The second kappa shape index (κ2) is 10.8. The van der Waals surface area contributed by atoms with Crippen molar-refractivity contribution in [2.24, 2.45) is 5.73 Å². The van der Waals surface area contributed by atoms with Crippen LogP contribution in [0.15, 0.2) is 48.5 Å². The molecule has 0 bridgehead atoms. The number of fused-ring (bicyclic) bond motifs is 1. The Hall–Kier alpha value is -4.70. The van der Waals surface area contributed by atoms with Gasteiger partial charge < -0.3 is 25.5 Å². The van der Waals surface area contributed by atoms with Gasteiger partial charge in [-0.3, -0.25) is 19.3 Å². The molecule has 10 nitrogen and oxygen atoms in total. The molecule has 0 saturated carbocycles. The van der Waals surface area contributed by atoms with Crippen molar-refractivity contribution >= 4 is 40.9 Å². The minimum Gasteiger partial charge on any atom is -0.497 e. The average molecular weight is 543 g/mol. The van der Waals surface area contributed by atoms with Gasteiger partial charge in [-0.25, -0.2) is 4.79 Å². The third kappa shape index (κ3) is 4.77. The van der Waals surface area contributed by atoms with Gasteiger partial charge in [0.15, 0.2) is 5.78 Å². The zero-order valence-corrected chi connectivity index (χ0v) is 22.3. The first-order valence-electron chi connectivity index (χ1n) is 13.0. The Kier molecular flexibility index (Phi) is 7.27. The molecule has 1 atom stereocenters. The van der Waals surface area contributed by atoms with Crippen molar-refractivity contribution in [2.75, 3.05) is 25.5 Å². The number of nitrogens with one attached hydrogen (secondary N) is 1. The highest BCUT2D eigenvalue weighted by Gasteiger charge is 2.36.